The Kier molecular flexibility index (Phi) is 6.11. The summed E-state index contributed by atoms with van der Waals surface area (Å²) in [5.41, 5.74) is 1.23. The molecular weight excluding hydrogens is 450 g/mol. The van der Waals surface area contributed by atoms with Gasteiger partial charge in [-0.1, -0.05) is 12.1 Å². The van der Waals surface area contributed by atoms with E-state index in [0.717, 1.165) is 35.9 Å². The number of fused-ring (bicyclic) bond motifs is 3. The zero-order valence-corrected chi connectivity index (χ0v) is 18.8. The molecule has 3 aromatic rings. The van der Waals surface area contributed by atoms with Gasteiger partial charge in [0.15, 0.2) is 0 Å². The Labute approximate surface area is 193 Å². The molecular formula is C23H24F2N4O3S. The Morgan fingerprint density at radius 3 is 2.70 bits per heavy atom. The second-order valence-electron chi connectivity index (χ2n) is 8.35. The maximum absolute atomic E-state index is 12.9. The molecule has 10 heteroatoms. The molecule has 0 unspecified atom stereocenters. The molecule has 5 rings (SSSR count). The van der Waals surface area contributed by atoms with Gasteiger partial charge >= 0.3 is 6.61 Å². The number of nitrogens with zero attached hydrogens (tertiary/aromatic N) is 3. The van der Waals surface area contributed by atoms with Crippen LogP contribution in [0.25, 0.3) is 10.2 Å². The molecule has 0 saturated carbocycles. The lowest BCUT2D eigenvalue weighted by Gasteiger charge is -2.34. The Bertz CT molecular complexity index is 1230. The predicted octanol–water partition coefficient (Wildman–Crippen LogP) is 3.42. The quantitative estimate of drug-likeness (QED) is 0.613. The Balaban J connectivity index is 1.25. The highest BCUT2D eigenvalue weighted by Gasteiger charge is 2.26. The highest BCUT2D eigenvalue weighted by atomic mass is 32.1. The van der Waals surface area contributed by atoms with Gasteiger partial charge in [-0.3, -0.25) is 14.5 Å². The topological polar surface area (TPSA) is 78.5 Å². The predicted molar refractivity (Wildman–Crippen MR) is 121 cm³/mol. The fourth-order valence-electron chi connectivity index (χ4n) is 4.62. The molecule has 2 aromatic heterocycles. The lowest BCUT2D eigenvalue weighted by molar-refractivity contribution is -0.0503. The Morgan fingerprint density at radius 1 is 1.15 bits per heavy atom. The van der Waals surface area contributed by atoms with Gasteiger partial charge in [0.1, 0.15) is 16.4 Å². The second kappa shape index (κ2) is 9.18. The van der Waals surface area contributed by atoms with Gasteiger partial charge in [-0.2, -0.15) is 8.78 Å². The van der Waals surface area contributed by atoms with E-state index in [4.69, 9.17) is 4.98 Å². The number of aryl methyl sites for hydroxylation is 2. The zero-order valence-electron chi connectivity index (χ0n) is 18.0. The third kappa shape index (κ3) is 4.49. The van der Waals surface area contributed by atoms with E-state index in [9.17, 15) is 18.4 Å². The van der Waals surface area contributed by atoms with Gasteiger partial charge in [0, 0.05) is 31.1 Å². The number of ether oxygens (including phenoxy) is 1. The molecule has 3 heterocycles. The fourth-order valence-corrected chi connectivity index (χ4v) is 5.90. The summed E-state index contributed by atoms with van der Waals surface area (Å²) in [6.45, 7) is -0.431. The van der Waals surface area contributed by atoms with Gasteiger partial charge in [-0.05, 0) is 43.4 Å². The molecule has 2 aliphatic rings. The van der Waals surface area contributed by atoms with Crippen molar-refractivity contribution in [3.8, 4) is 5.75 Å². The van der Waals surface area contributed by atoms with E-state index in [1.54, 1.807) is 28.4 Å². The number of piperazine rings is 1. The number of halogens is 2. The SMILES string of the molecule is O=C(c1ccccc1OC(F)F)N1CCN(Cc2nc3sc4c(c3c(=O)[nH]2)CCCC4)CC1. The monoisotopic (exact) mass is 474 g/mol. The van der Waals surface area contributed by atoms with E-state index >= 15 is 0 Å². The molecule has 7 nitrogen and oxygen atoms in total. The molecule has 33 heavy (non-hydrogen) atoms. The van der Waals surface area contributed by atoms with Gasteiger partial charge in [-0.25, -0.2) is 4.98 Å². The first-order chi connectivity index (χ1) is 16.0. The number of para-hydroxylation sites is 1. The number of nitrogens with one attached hydrogen (secondary N) is 1. The maximum atomic E-state index is 12.9. The number of H-pyrrole nitrogens is 1. The van der Waals surface area contributed by atoms with Crippen LogP contribution in [0.4, 0.5) is 8.78 Å². The molecule has 0 atom stereocenters. The minimum Gasteiger partial charge on any atom is -0.434 e. The third-order valence-corrected chi connectivity index (χ3v) is 7.43. The van der Waals surface area contributed by atoms with Gasteiger partial charge in [-0.15, -0.1) is 11.3 Å². The summed E-state index contributed by atoms with van der Waals surface area (Å²) in [5.74, 6) is 0.179. The number of aromatic amines is 1. The van der Waals surface area contributed by atoms with Gasteiger partial charge < -0.3 is 14.6 Å². The van der Waals surface area contributed by atoms with Crippen LogP contribution < -0.4 is 10.3 Å². The van der Waals surface area contributed by atoms with Crippen LogP contribution in [0.2, 0.25) is 0 Å². The van der Waals surface area contributed by atoms with E-state index in [2.05, 4.69) is 14.6 Å². The highest BCUT2D eigenvalue weighted by molar-refractivity contribution is 7.18. The van der Waals surface area contributed by atoms with Gasteiger partial charge in [0.25, 0.3) is 11.5 Å². The van der Waals surface area contributed by atoms with Crippen LogP contribution in [0.15, 0.2) is 29.1 Å². The summed E-state index contributed by atoms with van der Waals surface area (Å²) < 4.78 is 29.8. The zero-order chi connectivity index (χ0) is 22.9. The van der Waals surface area contributed by atoms with E-state index in [0.29, 0.717) is 38.5 Å². The number of hydrogen-bond acceptors (Lipinski definition) is 6. The molecule has 0 bridgehead atoms. The number of benzene rings is 1. The van der Waals surface area contributed by atoms with Crippen molar-refractivity contribution >= 4 is 27.5 Å². The first-order valence-corrected chi connectivity index (χ1v) is 11.9. The molecule has 1 aliphatic carbocycles. The van der Waals surface area contributed by atoms with Crippen molar-refractivity contribution in [2.75, 3.05) is 26.2 Å². The lowest BCUT2D eigenvalue weighted by atomic mass is 9.97. The van der Waals surface area contributed by atoms with E-state index in [-0.39, 0.29) is 22.8 Å². The summed E-state index contributed by atoms with van der Waals surface area (Å²) in [7, 11) is 0. The molecule has 0 radical (unpaired) electrons. The Morgan fingerprint density at radius 2 is 1.91 bits per heavy atom. The minimum atomic E-state index is -2.99. The molecule has 1 saturated heterocycles. The number of amides is 1. The minimum absolute atomic E-state index is 0.0705. The number of carbonyl (C=O) groups excluding carboxylic acids is 1. The van der Waals surface area contributed by atoms with Crippen LogP contribution >= 0.6 is 11.3 Å². The van der Waals surface area contributed by atoms with Crippen LogP contribution in [-0.4, -0.2) is 58.5 Å². The lowest BCUT2D eigenvalue weighted by Crippen LogP contribution is -2.48. The molecule has 1 fully saturated rings. The third-order valence-electron chi connectivity index (χ3n) is 6.24. The number of hydrogen-bond donors (Lipinski definition) is 1. The average Bonchev–Trinajstić information content (AvgIpc) is 3.18. The van der Waals surface area contributed by atoms with Gasteiger partial charge in [0.2, 0.25) is 0 Å². The maximum Gasteiger partial charge on any atom is 0.387 e. The van der Waals surface area contributed by atoms with E-state index in [1.807, 2.05) is 0 Å². The molecule has 1 aromatic carbocycles. The van der Waals surface area contributed by atoms with Crippen LogP contribution in [-0.2, 0) is 19.4 Å². The fraction of sp³-hybridized carbons (Fsp3) is 0.435. The van der Waals surface area contributed by atoms with E-state index in [1.165, 1.54) is 22.6 Å². The average molecular weight is 475 g/mol. The smallest absolute Gasteiger partial charge is 0.387 e. The van der Waals surface area contributed by atoms with Crippen LogP contribution in [0.1, 0.15) is 39.5 Å². The van der Waals surface area contributed by atoms with Crippen molar-refractivity contribution in [2.24, 2.45) is 0 Å². The van der Waals surface area contributed by atoms with Crippen molar-refractivity contribution in [3.63, 3.8) is 0 Å². The van der Waals surface area contributed by atoms with Crippen LogP contribution in [0.3, 0.4) is 0 Å². The number of alkyl halides is 2. The molecule has 1 aliphatic heterocycles. The number of rotatable bonds is 5. The van der Waals surface area contributed by atoms with Crippen molar-refractivity contribution < 1.29 is 18.3 Å². The van der Waals surface area contributed by atoms with E-state index < -0.39 is 6.61 Å². The van der Waals surface area contributed by atoms with Crippen LogP contribution in [0.5, 0.6) is 5.75 Å². The van der Waals surface area contributed by atoms with Gasteiger partial charge in [0.05, 0.1) is 17.5 Å². The highest BCUT2D eigenvalue weighted by Crippen LogP contribution is 2.33. The van der Waals surface area contributed by atoms with Crippen molar-refractivity contribution in [1.29, 1.82) is 0 Å². The van der Waals surface area contributed by atoms with Crippen molar-refractivity contribution in [3.05, 3.63) is 56.4 Å². The Hall–Kier alpha value is -2.85. The number of carbonyl (C=O) groups is 1. The van der Waals surface area contributed by atoms with Crippen LogP contribution in [0, 0.1) is 0 Å². The second-order valence-corrected chi connectivity index (χ2v) is 9.43. The summed E-state index contributed by atoms with van der Waals surface area (Å²) in [5, 5.41) is 0.749. The molecule has 0 spiro atoms. The van der Waals surface area contributed by atoms with Crippen molar-refractivity contribution in [2.45, 2.75) is 38.8 Å². The number of thiophene rings is 1. The molecule has 1 amide bonds. The first-order valence-electron chi connectivity index (χ1n) is 11.1. The number of aromatic nitrogens is 2. The molecule has 1 N–H and O–H groups in total. The molecule has 174 valence electrons. The largest absolute Gasteiger partial charge is 0.434 e. The first kappa shape index (κ1) is 22.0. The summed E-state index contributed by atoms with van der Waals surface area (Å²) in [4.78, 5) is 39.2. The van der Waals surface area contributed by atoms with Crippen molar-refractivity contribution in [1.82, 2.24) is 19.8 Å². The summed E-state index contributed by atoms with van der Waals surface area (Å²) in [6, 6.07) is 6.05. The standard InChI is InChI=1S/C23H24F2N4O3S/c24-23(25)32-16-7-3-1-5-14(16)22(31)29-11-9-28(10-12-29)13-18-26-20(30)19-15-6-2-4-8-17(15)33-21(19)27-18/h1,3,5,7,23H,2,4,6,8-13H2,(H,26,27,30). The summed E-state index contributed by atoms with van der Waals surface area (Å²) in [6.07, 6.45) is 4.24. The summed E-state index contributed by atoms with van der Waals surface area (Å²) >= 11 is 1.63. The normalized spacial score (nSPS) is 16.9.